The summed E-state index contributed by atoms with van der Waals surface area (Å²) in [6.07, 6.45) is 22.3. The van der Waals surface area contributed by atoms with Gasteiger partial charge in [-0.2, -0.15) is 0 Å². The van der Waals surface area contributed by atoms with Gasteiger partial charge in [-0.15, -0.1) is 0 Å². The first-order valence-corrected chi connectivity index (χ1v) is 9.01. The number of aliphatic carboxylic acids is 1. The van der Waals surface area contributed by atoms with Crippen LogP contribution < -0.4 is 0 Å². The van der Waals surface area contributed by atoms with E-state index in [2.05, 4.69) is 37.3 Å². The molecule has 1 atom stereocenters. The van der Waals surface area contributed by atoms with Crippen LogP contribution in [0.5, 0.6) is 0 Å². The lowest BCUT2D eigenvalue weighted by molar-refractivity contribution is -0.137. The molecule has 3 nitrogen and oxygen atoms in total. The minimum atomic E-state index is -0.729. The van der Waals surface area contributed by atoms with Gasteiger partial charge >= 0.3 is 5.97 Å². The number of carboxylic acid groups (broad SMARTS) is 1. The number of aliphatic hydroxyl groups excluding tert-OH is 1. The molecule has 0 bridgehead atoms. The zero-order chi connectivity index (χ0) is 17.2. The van der Waals surface area contributed by atoms with Crippen LogP contribution in [0.1, 0.15) is 77.6 Å². The largest absolute Gasteiger partial charge is 0.481 e. The van der Waals surface area contributed by atoms with Crippen molar-refractivity contribution >= 4 is 5.97 Å². The van der Waals surface area contributed by atoms with Crippen molar-refractivity contribution in [1.82, 2.24) is 0 Å². The van der Waals surface area contributed by atoms with Crippen molar-refractivity contribution < 1.29 is 15.0 Å². The average molecular weight is 322 g/mol. The van der Waals surface area contributed by atoms with E-state index in [-0.39, 0.29) is 12.5 Å². The van der Waals surface area contributed by atoms with Gasteiger partial charge in [0.1, 0.15) is 0 Å². The van der Waals surface area contributed by atoms with Crippen LogP contribution in [-0.4, -0.2) is 22.3 Å². The van der Waals surface area contributed by atoms with Crippen LogP contribution in [0.2, 0.25) is 0 Å². The number of rotatable bonds is 15. The predicted octanol–water partition coefficient (Wildman–Crippen LogP) is 5.41. The van der Waals surface area contributed by atoms with Crippen molar-refractivity contribution in [2.75, 3.05) is 0 Å². The molecule has 0 spiro atoms. The zero-order valence-corrected chi connectivity index (χ0v) is 14.6. The first kappa shape index (κ1) is 21.6. The Kier molecular flexibility index (Phi) is 16.0. The van der Waals surface area contributed by atoms with E-state index in [0.717, 1.165) is 38.5 Å². The summed E-state index contributed by atoms with van der Waals surface area (Å²) >= 11 is 0. The van der Waals surface area contributed by atoms with Crippen LogP contribution in [0.3, 0.4) is 0 Å². The van der Waals surface area contributed by atoms with E-state index in [1.165, 1.54) is 19.3 Å². The maximum absolute atomic E-state index is 10.3. The molecule has 0 saturated carbocycles. The molecule has 2 N–H and O–H groups in total. The lowest BCUT2D eigenvalue weighted by Gasteiger charge is -2.05. The third kappa shape index (κ3) is 18.6. The molecule has 0 heterocycles. The molecule has 132 valence electrons. The van der Waals surface area contributed by atoms with E-state index < -0.39 is 5.97 Å². The molecule has 0 aromatic heterocycles. The van der Waals surface area contributed by atoms with E-state index in [4.69, 9.17) is 5.11 Å². The summed E-state index contributed by atoms with van der Waals surface area (Å²) < 4.78 is 0. The molecule has 0 rings (SSSR count). The molecule has 1 unspecified atom stereocenters. The zero-order valence-electron chi connectivity index (χ0n) is 14.6. The highest BCUT2D eigenvalue weighted by Crippen LogP contribution is 2.06. The van der Waals surface area contributed by atoms with Gasteiger partial charge in [0.2, 0.25) is 0 Å². The van der Waals surface area contributed by atoms with Crippen LogP contribution in [0, 0.1) is 0 Å². The Morgan fingerprint density at radius 2 is 1.57 bits per heavy atom. The topological polar surface area (TPSA) is 57.5 Å². The SMILES string of the molecule is CCCCC/C=C/CC(O)CC/C=C/C/C=C/CCCC(=O)O. The van der Waals surface area contributed by atoms with Gasteiger partial charge in [0, 0.05) is 6.42 Å². The molecule has 0 aliphatic rings. The molecule has 0 aliphatic carbocycles. The van der Waals surface area contributed by atoms with Crippen molar-refractivity contribution in [3.05, 3.63) is 36.5 Å². The first-order valence-electron chi connectivity index (χ1n) is 9.01. The van der Waals surface area contributed by atoms with Crippen LogP contribution in [0.4, 0.5) is 0 Å². The molecule has 0 aromatic carbocycles. The number of carbonyl (C=O) groups is 1. The van der Waals surface area contributed by atoms with Crippen molar-refractivity contribution in [3.8, 4) is 0 Å². The smallest absolute Gasteiger partial charge is 0.303 e. The Bertz CT molecular complexity index is 356. The molecule has 0 aromatic rings. The summed E-state index contributed by atoms with van der Waals surface area (Å²) in [5, 5.41) is 18.4. The molecular formula is C20H34O3. The second-order valence-electron chi connectivity index (χ2n) is 5.90. The van der Waals surface area contributed by atoms with Gasteiger partial charge in [-0.05, 0) is 51.4 Å². The summed E-state index contributed by atoms with van der Waals surface area (Å²) in [7, 11) is 0. The van der Waals surface area contributed by atoms with E-state index in [1.54, 1.807) is 0 Å². The molecule has 0 radical (unpaired) electrons. The fourth-order valence-corrected chi connectivity index (χ4v) is 2.17. The second kappa shape index (κ2) is 17.0. The maximum atomic E-state index is 10.3. The third-order valence-electron chi connectivity index (χ3n) is 3.58. The Morgan fingerprint density at radius 1 is 0.913 bits per heavy atom. The second-order valence-corrected chi connectivity index (χ2v) is 5.90. The standard InChI is InChI=1S/C20H34O3/c1-2-3-4-5-10-13-16-19(21)17-14-11-8-6-7-9-12-15-18-20(22)23/h7-11,13,19,21H,2-6,12,14-18H2,1H3,(H,22,23)/b9-7+,11-8+,13-10+. The van der Waals surface area contributed by atoms with Gasteiger partial charge in [0.15, 0.2) is 0 Å². The maximum Gasteiger partial charge on any atom is 0.303 e. The lowest BCUT2D eigenvalue weighted by Crippen LogP contribution is -2.03. The fraction of sp³-hybridized carbons (Fsp3) is 0.650. The average Bonchev–Trinajstić information content (AvgIpc) is 2.52. The highest BCUT2D eigenvalue weighted by molar-refractivity contribution is 5.66. The van der Waals surface area contributed by atoms with E-state index in [9.17, 15) is 9.90 Å². The van der Waals surface area contributed by atoms with E-state index in [0.29, 0.717) is 6.42 Å². The number of allylic oxidation sites excluding steroid dienone is 5. The molecule has 0 aliphatic heterocycles. The highest BCUT2D eigenvalue weighted by atomic mass is 16.4. The van der Waals surface area contributed by atoms with E-state index >= 15 is 0 Å². The number of unbranched alkanes of at least 4 members (excludes halogenated alkanes) is 4. The van der Waals surface area contributed by atoms with Crippen LogP contribution in [-0.2, 0) is 4.79 Å². The van der Waals surface area contributed by atoms with Gasteiger partial charge in [-0.3, -0.25) is 4.79 Å². The minimum absolute atomic E-state index is 0.241. The Balaban J connectivity index is 3.47. The summed E-state index contributed by atoms with van der Waals surface area (Å²) in [5.74, 6) is -0.729. The normalized spacial score (nSPS) is 13.5. The summed E-state index contributed by atoms with van der Waals surface area (Å²) in [4.78, 5) is 10.3. The van der Waals surface area contributed by atoms with Crippen molar-refractivity contribution in [1.29, 1.82) is 0 Å². The molecule has 0 saturated heterocycles. The Hall–Kier alpha value is -1.35. The number of hydrogen-bond donors (Lipinski definition) is 2. The van der Waals surface area contributed by atoms with E-state index in [1.807, 2.05) is 6.08 Å². The van der Waals surface area contributed by atoms with Crippen LogP contribution in [0.25, 0.3) is 0 Å². The number of aliphatic hydroxyl groups is 1. The number of hydrogen-bond acceptors (Lipinski definition) is 2. The monoisotopic (exact) mass is 322 g/mol. The molecule has 3 heteroatoms. The van der Waals surface area contributed by atoms with Gasteiger partial charge in [0.05, 0.1) is 6.10 Å². The van der Waals surface area contributed by atoms with Crippen LogP contribution in [0.15, 0.2) is 36.5 Å². The quantitative estimate of drug-likeness (QED) is 0.313. The molecule has 23 heavy (non-hydrogen) atoms. The minimum Gasteiger partial charge on any atom is -0.481 e. The molecular weight excluding hydrogens is 288 g/mol. The summed E-state index contributed by atoms with van der Waals surface area (Å²) in [5.41, 5.74) is 0. The first-order chi connectivity index (χ1) is 11.2. The summed E-state index contributed by atoms with van der Waals surface area (Å²) in [6.45, 7) is 2.20. The Morgan fingerprint density at radius 3 is 2.26 bits per heavy atom. The van der Waals surface area contributed by atoms with Crippen molar-refractivity contribution in [2.45, 2.75) is 83.7 Å². The van der Waals surface area contributed by atoms with Gasteiger partial charge in [-0.1, -0.05) is 56.2 Å². The molecule has 0 fully saturated rings. The molecule has 0 amide bonds. The predicted molar refractivity (Wildman–Crippen MR) is 97.5 cm³/mol. The Labute approximate surface area is 141 Å². The number of carboxylic acids is 1. The van der Waals surface area contributed by atoms with Crippen LogP contribution >= 0.6 is 0 Å². The van der Waals surface area contributed by atoms with Gasteiger partial charge < -0.3 is 10.2 Å². The fourth-order valence-electron chi connectivity index (χ4n) is 2.17. The van der Waals surface area contributed by atoms with Gasteiger partial charge in [0.25, 0.3) is 0 Å². The highest BCUT2D eigenvalue weighted by Gasteiger charge is 1.98. The summed E-state index contributed by atoms with van der Waals surface area (Å²) in [6, 6.07) is 0. The lowest BCUT2D eigenvalue weighted by atomic mass is 10.1. The third-order valence-corrected chi connectivity index (χ3v) is 3.58. The van der Waals surface area contributed by atoms with Crippen molar-refractivity contribution in [3.63, 3.8) is 0 Å². The van der Waals surface area contributed by atoms with Crippen molar-refractivity contribution in [2.24, 2.45) is 0 Å². The van der Waals surface area contributed by atoms with Gasteiger partial charge in [-0.25, -0.2) is 0 Å².